The molecule has 3 atom stereocenters. The lowest BCUT2D eigenvalue weighted by atomic mass is 9.94. The van der Waals surface area contributed by atoms with Crippen LogP contribution in [0.15, 0.2) is 29.1 Å². The Hall–Kier alpha value is -2.94. The van der Waals surface area contributed by atoms with Crippen LogP contribution in [0.25, 0.3) is 11.0 Å². The monoisotopic (exact) mass is 537 g/mol. The zero-order valence-electron chi connectivity index (χ0n) is 23.2. The summed E-state index contributed by atoms with van der Waals surface area (Å²) in [7, 11) is 0. The molecule has 2 N–H and O–H groups in total. The number of rotatable bonds is 8. The Labute approximate surface area is 230 Å². The van der Waals surface area contributed by atoms with Gasteiger partial charge < -0.3 is 19.9 Å². The Morgan fingerprint density at radius 1 is 1.00 bits per heavy atom. The van der Waals surface area contributed by atoms with Crippen molar-refractivity contribution in [2.24, 2.45) is 0 Å². The highest BCUT2D eigenvalue weighted by molar-refractivity contribution is 5.87. The number of carboxylic acids is 1. The molecule has 1 amide bonds. The number of para-hydroxylation sites is 2. The van der Waals surface area contributed by atoms with Crippen LogP contribution in [0.5, 0.6) is 0 Å². The van der Waals surface area contributed by atoms with Crippen LogP contribution in [-0.4, -0.2) is 74.1 Å². The molecule has 1 unspecified atom stereocenters. The molecule has 9 heteroatoms. The highest BCUT2D eigenvalue weighted by atomic mass is 16.4. The minimum absolute atomic E-state index is 0.0317. The fraction of sp³-hybridized carbons (Fsp3) is 0.667. The first-order valence-corrected chi connectivity index (χ1v) is 15.0. The van der Waals surface area contributed by atoms with Gasteiger partial charge in [-0.05, 0) is 70.5 Å². The van der Waals surface area contributed by atoms with Gasteiger partial charge >= 0.3 is 5.97 Å². The van der Waals surface area contributed by atoms with E-state index >= 15 is 0 Å². The molecule has 0 radical (unpaired) electrons. The third-order valence-electron chi connectivity index (χ3n) is 9.08. The molecule has 9 nitrogen and oxygen atoms in total. The number of hydrogen-bond acceptors (Lipinski definition) is 6. The van der Waals surface area contributed by atoms with Gasteiger partial charge in [-0.1, -0.05) is 44.2 Å². The van der Waals surface area contributed by atoms with E-state index in [1.54, 1.807) is 0 Å². The largest absolute Gasteiger partial charge is 0.480 e. The van der Waals surface area contributed by atoms with Gasteiger partial charge in [0.25, 0.3) is 5.56 Å². The van der Waals surface area contributed by atoms with Crippen LogP contribution in [0.2, 0.25) is 0 Å². The third-order valence-corrected chi connectivity index (χ3v) is 9.08. The molecule has 1 aromatic heterocycles. The van der Waals surface area contributed by atoms with Crippen molar-refractivity contribution >= 4 is 28.7 Å². The molecular weight excluding hydrogens is 494 g/mol. The van der Waals surface area contributed by atoms with Gasteiger partial charge in [-0.15, -0.1) is 0 Å². The van der Waals surface area contributed by atoms with Gasteiger partial charge in [-0.2, -0.15) is 0 Å². The number of aliphatic carboxylic acids is 1. The average Bonchev–Trinajstić information content (AvgIpc) is 3.57. The van der Waals surface area contributed by atoms with E-state index in [1.807, 2.05) is 28.8 Å². The van der Waals surface area contributed by atoms with Crippen molar-refractivity contribution in [3.8, 4) is 0 Å². The van der Waals surface area contributed by atoms with Crippen LogP contribution in [0.4, 0.5) is 5.82 Å². The second-order valence-corrected chi connectivity index (χ2v) is 11.7. The predicted molar refractivity (Wildman–Crippen MR) is 152 cm³/mol. The summed E-state index contributed by atoms with van der Waals surface area (Å²) < 4.78 is 1.85. The van der Waals surface area contributed by atoms with E-state index in [0.717, 1.165) is 18.5 Å². The van der Waals surface area contributed by atoms with Gasteiger partial charge in [-0.25, -0.2) is 9.78 Å². The van der Waals surface area contributed by atoms with E-state index in [2.05, 4.69) is 22.1 Å². The SMILES string of the molecule is C[C@@H](C[C@@H]1CCCN1C1CCCCCCC1)n1c(=O)c(NCC(=O)N2CCCC2C(=O)O)nc2ccccc21. The number of amides is 1. The molecule has 2 aliphatic heterocycles. The van der Waals surface area contributed by atoms with Gasteiger partial charge in [0.05, 0.1) is 17.6 Å². The molecule has 2 saturated heterocycles. The number of benzene rings is 1. The molecule has 3 fully saturated rings. The molecular formula is C30H43N5O4. The number of nitrogens with zero attached hydrogens (tertiary/aromatic N) is 4. The average molecular weight is 538 g/mol. The van der Waals surface area contributed by atoms with Gasteiger partial charge in [0, 0.05) is 24.7 Å². The summed E-state index contributed by atoms with van der Waals surface area (Å²) in [5, 5.41) is 12.4. The number of anilines is 1. The smallest absolute Gasteiger partial charge is 0.326 e. The van der Waals surface area contributed by atoms with Crippen molar-refractivity contribution in [2.45, 2.75) is 108 Å². The topological polar surface area (TPSA) is 108 Å². The predicted octanol–water partition coefficient (Wildman–Crippen LogP) is 4.41. The molecule has 0 bridgehead atoms. The number of carbonyl (C=O) groups excluding carboxylic acids is 1. The zero-order chi connectivity index (χ0) is 27.4. The first-order valence-electron chi connectivity index (χ1n) is 15.0. The maximum atomic E-state index is 13.8. The number of carbonyl (C=O) groups is 2. The Morgan fingerprint density at radius 3 is 2.49 bits per heavy atom. The van der Waals surface area contributed by atoms with E-state index in [-0.39, 0.29) is 29.9 Å². The number of fused-ring (bicyclic) bond motifs is 1. The van der Waals surface area contributed by atoms with Crippen molar-refractivity contribution in [3.63, 3.8) is 0 Å². The van der Waals surface area contributed by atoms with Crippen LogP contribution in [0.3, 0.4) is 0 Å². The van der Waals surface area contributed by atoms with Crippen LogP contribution < -0.4 is 10.9 Å². The molecule has 1 aromatic carbocycles. The molecule has 3 heterocycles. The van der Waals surface area contributed by atoms with Gasteiger partial charge in [0.1, 0.15) is 6.04 Å². The number of likely N-dealkylation sites (tertiary alicyclic amines) is 2. The quantitative estimate of drug-likeness (QED) is 0.513. The fourth-order valence-electron chi connectivity index (χ4n) is 7.15. The van der Waals surface area contributed by atoms with Crippen molar-refractivity contribution in [1.82, 2.24) is 19.4 Å². The van der Waals surface area contributed by atoms with Crippen LogP contribution in [0, 0.1) is 0 Å². The lowest BCUT2D eigenvalue weighted by molar-refractivity contribution is -0.147. The zero-order valence-corrected chi connectivity index (χ0v) is 23.2. The van der Waals surface area contributed by atoms with Crippen molar-refractivity contribution in [3.05, 3.63) is 34.6 Å². The van der Waals surface area contributed by atoms with Crippen LogP contribution in [0.1, 0.15) is 90.0 Å². The van der Waals surface area contributed by atoms with Gasteiger partial charge in [-0.3, -0.25) is 14.5 Å². The second-order valence-electron chi connectivity index (χ2n) is 11.7. The molecule has 212 valence electrons. The minimum Gasteiger partial charge on any atom is -0.480 e. The van der Waals surface area contributed by atoms with Crippen LogP contribution in [-0.2, 0) is 9.59 Å². The summed E-state index contributed by atoms with van der Waals surface area (Å²) >= 11 is 0. The van der Waals surface area contributed by atoms with Crippen molar-refractivity contribution in [2.75, 3.05) is 25.0 Å². The normalized spacial score (nSPS) is 24.0. The summed E-state index contributed by atoms with van der Waals surface area (Å²) in [6.07, 6.45) is 13.7. The molecule has 3 aliphatic rings. The minimum atomic E-state index is -0.985. The highest BCUT2D eigenvalue weighted by Gasteiger charge is 2.34. The Balaban J connectivity index is 1.34. The standard InChI is InChI=1S/C30H43N5O4/c1-21(19-23-13-9-17-33(23)22-11-5-3-2-4-6-12-22)35-25-15-8-7-14-24(25)32-28(29(35)37)31-20-27(36)34-18-10-16-26(34)30(38)39/h7-8,14-15,21-23,26H,2-6,9-13,16-20H2,1H3,(H,31,32)(H,38,39)/t21-,23-,26?/m0/s1. The van der Waals surface area contributed by atoms with E-state index < -0.39 is 12.0 Å². The Bertz CT molecular complexity index is 1220. The lowest BCUT2D eigenvalue weighted by Crippen LogP contribution is -2.43. The van der Waals surface area contributed by atoms with E-state index in [4.69, 9.17) is 0 Å². The Kier molecular flexibility index (Phi) is 8.85. The summed E-state index contributed by atoms with van der Waals surface area (Å²) in [6, 6.07) is 7.95. The fourth-order valence-corrected chi connectivity index (χ4v) is 7.15. The lowest BCUT2D eigenvalue weighted by Gasteiger charge is -2.36. The first-order chi connectivity index (χ1) is 18.9. The highest BCUT2D eigenvalue weighted by Crippen LogP contribution is 2.32. The molecule has 1 aliphatic carbocycles. The maximum absolute atomic E-state index is 13.8. The second kappa shape index (κ2) is 12.5. The third kappa shape index (κ3) is 6.13. The van der Waals surface area contributed by atoms with E-state index in [1.165, 1.54) is 62.7 Å². The summed E-state index contributed by atoms with van der Waals surface area (Å²) in [4.78, 5) is 46.8. The van der Waals surface area contributed by atoms with Crippen LogP contribution >= 0.6 is 0 Å². The maximum Gasteiger partial charge on any atom is 0.326 e. The number of hydrogen-bond donors (Lipinski definition) is 2. The van der Waals surface area contributed by atoms with Gasteiger partial charge in [0.2, 0.25) is 5.91 Å². The molecule has 39 heavy (non-hydrogen) atoms. The summed E-state index contributed by atoms with van der Waals surface area (Å²) in [6.45, 7) is 3.54. The number of carboxylic acid groups (broad SMARTS) is 1. The van der Waals surface area contributed by atoms with E-state index in [9.17, 15) is 19.5 Å². The molecule has 0 spiro atoms. The van der Waals surface area contributed by atoms with E-state index in [0.29, 0.717) is 37.0 Å². The Morgan fingerprint density at radius 2 is 1.72 bits per heavy atom. The van der Waals surface area contributed by atoms with Crippen molar-refractivity contribution in [1.29, 1.82) is 0 Å². The number of aromatic nitrogens is 2. The molecule has 2 aromatic rings. The first kappa shape index (κ1) is 27.6. The summed E-state index contributed by atoms with van der Waals surface area (Å²) in [5.41, 5.74) is 1.26. The molecule has 5 rings (SSSR count). The molecule has 1 saturated carbocycles. The number of nitrogens with one attached hydrogen (secondary N) is 1. The van der Waals surface area contributed by atoms with Crippen molar-refractivity contribution < 1.29 is 14.7 Å². The van der Waals surface area contributed by atoms with Gasteiger partial charge in [0.15, 0.2) is 5.82 Å². The summed E-state index contributed by atoms with van der Waals surface area (Å²) in [5.74, 6) is -1.17.